The average molecular weight is 325 g/mol. The van der Waals surface area contributed by atoms with Gasteiger partial charge in [0.05, 0.1) is 6.33 Å². The van der Waals surface area contributed by atoms with Gasteiger partial charge < -0.3 is 9.30 Å². The minimum absolute atomic E-state index is 0.700. The van der Waals surface area contributed by atoms with E-state index in [9.17, 15) is 0 Å². The Morgan fingerprint density at radius 3 is 2.35 bits per heavy atom. The first kappa shape index (κ1) is 15.4. The van der Waals surface area contributed by atoms with Gasteiger partial charge in [0.25, 0.3) is 0 Å². The predicted octanol–water partition coefficient (Wildman–Crippen LogP) is 5.43. The van der Waals surface area contributed by atoms with Gasteiger partial charge >= 0.3 is 0 Å². The summed E-state index contributed by atoms with van der Waals surface area (Å²) in [6.45, 7) is 2.92. The number of halogens is 1. The molecule has 3 rings (SSSR count). The molecule has 0 fully saturated rings. The Morgan fingerprint density at radius 1 is 1.09 bits per heavy atom. The monoisotopic (exact) mass is 324 g/mol. The first-order valence-electron chi connectivity index (χ1n) is 7.37. The zero-order chi connectivity index (χ0) is 16.1. The minimum Gasteiger partial charge on any atom is -0.457 e. The molecule has 0 bridgehead atoms. The summed E-state index contributed by atoms with van der Waals surface area (Å²) in [4.78, 5) is 4.04. The molecule has 0 unspecified atom stereocenters. The first-order chi connectivity index (χ1) is 11.2. The van der Waals surface area contributed by atoms with E-state index in [0.717, 1.165) is 18.0 Å². The lowest BCUT2D eigenvalue weighted by molar-refractivity contribution is 0.482. The first-order valence-corrected chi connectivity index (χ1v) is 7.75. The molecule has 0 amide bonds. The van der Waals surface area contributed by atoms with Crippen LogP contribution in [-0.4, -0.2) is 9.55 Å². The molecule has 0 aliphatic carbocycles. The normalized spacial score (nSPS) is 11.5. The SMILES string of the molecule is C/C(=C\Cn1ccnc1)c1ccc(Oc2ccc(Cl)cc2)cc1. The quantitative estimate of drug-likeness (QED) is 0.625. The van der Waals surface area contributed by atoms with Crippen LogP contribution < -0.4 is 4.74 Å². The van der Waals surface area contributed by atoms with Crippen molar-refractivity contribution in [3.8, 4) is 11.5 Å². The maximum Gasteiger partial charge on any atom is 0.127 e. The van der Waals surface area contributed by atoms with E-state index in [1.54, 1.807) is 6.20 Å². The highest BCUT2D eigenvalue weighted by Gasteiger charge is 2.00. The molecule has 23 heavy (non-hydrogen) atoms. The fourth-order valence-electron chi connectivity index (χ4n) is 2.18. The molecule has 3 aromatic rings. The van der Waals surface area contributed by atoms with Crippen molar-refractivity contribution in [3.63, 3.8) is 0 Å². The average Bonchev–Trinajstić information content (AvgIpc) is 3.09. The van der Waals surface area contributed by atoms with E-state index < -0.39 is 0 Å². The van der Waals surface area contributed by atoms with Crippen LogP contribution in [0.3, 0.4) is 0 Å². The molecule has 0 radical (unpaired) electrons. The number of ether oxygens (including phenoxy) is 1. The van der Waals surface area contributed by atoms with Gasteiger partial charge in [0, 0.05) is 24.0 Å². The van der Waals surface area contributed by atoms with E-state index in [1.807, 2.05) is 53.5 Å². The maximum atomic E-state index is 5.87. The number of hydrogen-bond acceptors (Lipinski definition) is 2. The zero-order valence-electron chi connectivity index (χ0n) is 12.8. The smallest absolute Gasteiger partial charge is 0.127 e. The van der Waals surface area contributed by atoms with Crippen LogP contribution in [0.15, 0.2) is 73.3 Å². The van der Waals surface area contributed by atoms with Crippen LogP contribution in [0, 0.1) is 0 Å². The number of allylic oxidation sites excluding steroid dienone is 2. The molecule has 4 heteroatoms. The highest BCUT2D eigenvalue weighted by molar-refractivity contribution is 6.30. The second kappa shape index (κ2) is 7.16. The van der Waals surface area contributed by atoms with Gasteiger partial charge in [-0.3, -0.25) is 0 Å². The van der Waals surface area contributed by atoms with E-state index in [0.29, 0.717) is 5.02 Å². The lowest BCUT2D eigenvalue weighted by Crippen LogP contribution is -1.91. The third kappa shape index (κ3) is 4.24. The summed E-state index contributed by atoms with van der Waals surface area (Å²) in [6.07, 6.45) is 7.72. The molecule has 0 aliphatic heterocycles. The van der Waals surface area contributed by atoms with Crippen molar-refractivity contribution in [2.75, 3.05) is 0 Å². The maximum absolute atomic E-state index is 5.87. The van der Waals surface area contributed by atoms with Crippen LogP contribution in [0.2, 0.25) is 5.02 Å². The molecule has 0 aliphatic rings. The van der Waals surface area contributed by atoms with Crippen molar-refractivity contribution in [2.24, 2.45) is 0 Å². The number of aromatic nitrogens is 2. The minimum atomic E-state index is 0.700. The lowest BCUT2D eigenvalue weighted by atomic mass is 10.1. The van der Waals surface area contributed by atoms with E-state index >= 15 is 0 Å². The number of hydrogen-bond donors (Lipinski definition) is 0. The second-order valence-corrected chi connectivity index (χ2v) is 5.66. The van der Waals surface area contributed by atoms with Gasteiger partial charge in [0.2, 0.25) is 0 Å². The van der Waals surface area contributed by atoms with Crippen LogP contribution in [0.25, 0.3) is 5.57 Å². The highest BCUT2D eigenvalue weighted by atomic mass is 35.5. The van der Waals surface area contributed by atoms with Gasteiger partial charge in [0.15, 0.2) is 0 Å². The summed E-state index contributed by atoms with van der Waals surface area (Å²) in [5.41, 5.74) is 2.39. The molecule has 1 heterocycles. The fourth-order valence-corrected chi connectivity index (χ4v) is 2.31. The van der Waals surface area contributed by atoms with Crippen molar-refractivity contribution >= 4 is 17.2 Å². The Bertz CT molecular complexity index is 775. The molecule has 116 valence electrons. The molecule has 0 atom stereocenters. The molecule has 0 spiro atoms. The van der Waals surface area contributed by atoms with Gasteiger partial charge in [-0.2, -0.15) is 0 Å². The van der Waals surface area contributed by atoms with Crippen molar-refractivity contribution in [1.82, 2.24) is 9.55 Å². The second-order valence-electron chi connectivity index (χ2n) is 5.23. The Balaban J connectivity index is 1.66. The molecule has 3 nitrogen and oxygen atoms in total. The fraction of sp³-hybridized carbons (Fsp3) is 0.105. The van der Waals surface area contributed by atoms with E-state index in [4.69, 9.17) is 16.3 Å². The summed E-state index contributed by atoms with van der Waals surface area (Å²) in [5, 5.41) is 0.700. The molecule has 0 saturated carbocycles. The van der Waals surface area contributed by atoms with Gasteiger partial charge in [-0.25, -0.2) is 4.98 Å². The van der Waals surface area contributed by atoms with Crippen LogP contribution in [0.4, 0.5) is 0 Å². The summed E-state index contributed by atoms with van der Waals surface area (Å²) >= 11 is 5.87. The molecule has 2 aromatic carbocycles. The topological polar surface area (TPSA) is 27.1 Å². The van der Waals surface area contributed by atoms with Gasteiger partial charge in [-0.1, -0.05) is 29.8 Å². The van der Waals surface area contributed by atoms with E-state index in [1.165, 1.54) is 11.1 Å². The van der Waals surface area contributed by atoms with Crippen molar-refractivity contribution in [3.05, 3.63) is 83.9 Å². The summed E-state index contributed by atoms with van der Waals surface area (Å²) in [5.74, 6) is 1.58. The Hall–Kier alpha value is -2.52. The number of rotatable bonds is 5. The van der Waals surface area contributed by atoms with Crippen molar-refractivity contribution in [1.29, 1.82) is 0 Å². The van der Waals surface area contributed by atoms with Crippen molar-refractivity contribution in [2.45, 2.75) is 13.5 Å². The van der Waals surface area contributed by atoms with Crippen molar-refractivity contribution < 1.29 is 4.74 Å². The third-order valence-electron chi connectivity index (χ3n) is 3.53. The zero-order valence-corrected chi connectivity index (χ0v) is 13.6. The van der Waals surface area contributed by atoms with Gasteiger partial charge in [0.1, 0.15) is 11.5 Å². The molecule has 0 saturated heterocycles. The van der Waals surface area contributed by atoms with Crippen LogP contribution >= 0.6 is 11.6 Å². The number of imidazole rings is 1. The standard InChI is InChI=1S/C19H17ClN2O/c1-15(10-12-22-13-11-21-14-22)16-2-6-18(7-3-16)23-19-8-4-17(20)5-9-19/h2-11,13-14H,12H2,1H3/b15-10+. The van der Waals surface area contributed by atoms with Crippen LogP contribution in [-0.2, 0) is 6.54 Å². The third-order valence-corrected chi connectivity index (χ3v) is 3.78. The molecule has 0 N–H and O–H groups in total. The van der Waals surface area contributed by atoms with Crippen LogP contribution in [0.1, 0.15) is 12.5 Å². The molecular weight excluding hydrogens is 308 g/mol. The Morgan fingerprint density at radius 2 is 1.74 bits per heavy atom. The predicted molar refractivity (Wildman–Crippen MR) is 93.8 cm³/mol. The number of benzene rings is 2. The lowest BCUT2D eigenvalue weighted by Gasteiger charge is -2.07. The number of nitrogens with zero attached hydrogens (tertiary/aromatic N) is 2. The van der Waals surface area contributed by atoms with Gasteiger partial charge in [-0.15, -0.1) is 0 Å². The Kier molecular flexibility index (Phi) is 4.79. The van der Waals surface area contributed by atoms with E-state index in [-0.39, 0.29) is 0 Å². The summed E-state index contributed by atoms with van der Waals surface area (Å²) in [7, 11) is 0. The Labute approximate surface area is 140 Å². The highest BCUT2D eigenvalue weighted by Crippen LogP contribution is 2.25. The molecule has 1 aromatic heterocycles. The van der Waals surface area contributed by atoms with Crippen LogP contribution in [0.5, 0.6) is 11.5 Å². The van der Waals surface area contributed by atoms with Gasteiger partial charge in [-0.05, 0) is 54.5 Å². The molecular formula is C19H17ClN2O. The summed E-state index contributed by atoms with van der Waals surface area (Å²) in [6, 6.07) is 15.4. The van der Waals surface area contributed by atoms with E-state index in [2.05, 4.69) is 30.1 Å². The summed E-state index contributed by atoms with van der Waals surface area (Å²) < 4.78 is 7.83. The largest absolute Gasteiger partial charge is 0.457 e.